The molecule has 0 aromatic rings. The van der Waals surface area contributed by atoms with Crippen LogP contribution in [0.15, 0.2) is 0 Å². The Bertz CT molecular complexity index is 271. The highest BCUT2D eigenvalue weighted by atomic mass is 16.2. The van der Waals surface area contributed by atoms with Gasteiger partial charge in [-0.25, -0.2) is 0 Å². The van der Waals surface area contributed by atoms with Gasteiger partial charge < -0.3 is 16.4 Å². The molecule has 6 heteroatoms. The number of carbonyl (C=O) groups excluding carboxylic acids is 2. The molecule has 19 heavy (non-hydrogen) atoms. The fraction of sp³-hybridized carbons (Fsp3) is 0.846. The van der Waals surface area contributed by atoms with Gasteiger partial charge in [0.25, 0.3) is 0 Å². The van der Waals surface area contributed by atoms with Crippen LogP contribution < -0.4 is 11.5 Å². The standard InChI is InChI=1S/C13H28N4O2/c1-3-4-9-17(11-12(15)18)10-6-13(19)16(2)8-5-7-14/h3-11,14H2,1-2H3,(H2,15,18). The number of nitrogens with two attached hydrogens (primary N) is 2. The van der Waals surface area contributed by atoms with Gasteiger partial charge >= 0.3 is 0 Å². The van der Waals surface area contributed by atoms with Crippen LogP contribution in [0.25, 0.3) is 0 Å². The molecule has 0 fully saturated rings. The van der Waals surface area contributed by atoms with Gasteiger partial charge in [-0.15, -0.1) is 0 Å². The zero-order chi connectivity index (χ0) is 14.7. The van der Waals surface area contributed by atoms with E-state index in [0.29, 0.717) is 26.1 Å². The van der Waals surface area contributed by atoms with Gasteiger partial charge in [0.15, 0.2) is 0 Å². The van der Waals surface area contributed by atoms with E-state index in [-0.39, 0.29) is 18.4 Å². The third kappa shape index (κ3) is 9.44. The van der Waals surface area contributed by atoms with Crippen molar-refractivity contribution in [1.29, 1.82) is 0 Å². The summed E-state index contributed by atoms with van der Waals surface area (Å²) in [5.74, 6) is -0.264. The highest BCUT2D eigenvalue weighted by molar-refractivity contribution is 5.77. The molecule has 0 radical (unpaired) electrons. The van der Waals surface area contributed by atoms with Crippen molar-refractivity contribution in [1.82, 2.24) is 9.80 Å². The third-order valence-corrected chi connectivity index (χ3v) is 2.97. The molecule has 0 aliphatic rings. The molecule has 0 aromatic carbocycles. The SMILES string of the molecule is CCCCN(CCC(=O)N(C)CCCN)CC(N)=O. The summed E-state index contributed by atoms with van der Waals surface area (Å²) in [5, 5.41) is 0. The minimum atomic E-state index is -0.347. The Kier molecular flexibility index (Phi) is 10.1. The minimum Gasteiger partial charge on any atom is -0.369 e. The van der Waals surface area contributed by atoms with Crippen LogP contribution in [0.1, 0.15) is 32.6 Å². The Morgan fingerprint density at radius 1 is 1.11 bits per heavy atom. The van der Waals surface area contributed by atoms with Crippen molar-refractivity contribution in [2.75, 3.05) is 39.8 Å². The summed E-state index contributed by atoms with van der Waals surface area (Å²) in [6, 6.07) is 0. The maximum atomic E-state index is 11.9. The Balaban J connectivity index is 4.06. The first-order chi connectivity index (χ1) is 9.01. The second kappa shape index (κ2) is 10.8. The highest BCUT2D eigenvalue weighted by Crippen LogP contribution is 1.99. The van der Waals surface area contributed by atoms with Crippen molar-refractivity contribution in [3.05, 3.63) is 0 Å². The summed E-state index contributed by atoms with van der Waals surface area (Å²) < 4.78 is 0. The quantitative estimate of drug-likeness (QED) is 0.543. The van der Waals surface area contributed by atoms with Gasteiger partial charge in [0.2, 0.25) is 11.8 Å². The molecule has 0 saturated carbocycles. The third-order valence-electron chi connectivity index (χ3n) is 2.97. The normalized spacial score (nSPS) is 10.7. The molecule has 0 saturated heterocycles. The number of nitrogens with zero attached hydrogens (tertiary/aromatic N) is 2. The zero-order valence-electron chi connectivity index (χ0n) is 12.2. The summed E-state index contributed by atoms with van der Waals surface area (Å²) >= 11 is 0. The van der Waals surface area contributed by atoms with Gasteiger partial charge in [-0.05, 0) is 25.9 Å². The Morgan fingerprint density at radius 3 is 2.32 bits per heavy atom. The number of carbonyl (C=O) groups is 2. The zero-order valence-corrected chi connectivity index (χ0v) is 12.2. The summed E-state index contributed by atoms with van der Waals surface area (Å²) in [6.45, 7) is 4.96. The van der Waals surface area contributed by atoms with Crippen LogP contribution in [-0.2, 0) is 9.59 Å². The van der Waals surface area contributed by atoms with Crippen LogP contribution >= 0.6 is 0 Å². The number of hydrogen-bond donors (Lipinski definition) is 2. The molecule has 6 nitrogen and oxygen atoms in total. The molecular formula is C13H28N4O2. The van der Waals surface area contributed by atoms with Crippen molar-refractivity contribution in [2.45, 2.75) is 32.6 Å². The summed E-state index contributed by atoms with van der Waals surface area (Å²) in [7, 11) is 1.78. The van der Waals surface area contributed by atoms with Crippen molar-refractivity contribution in [3.8, 4) is 0 Å². The largest absolute Gasteiger partial charge is 0.369 e. The van der Waals surface area contributed by atoms with Crippen LogP contribution in [0, 0.1) is 0 Å². The first-order valence-electron chi connectivity index (χ1n) is 6.96. The van der Waals surface area contributed by atoms with Crippen LogP contribution in [0.3, 0.4) is 0 Å². The van der Waals surface area contributed by atoms with Crippen LogP contribution in [0.4, 0.5) is 0 Å². The maximum absolute atomic E-state index is 11.9. The van der Waals surface area contributed by atoms with E-state index in [1.807, 2.05) is 4.90 Å². The minimum absolute atomic E-state index is 0.0828. The van der Waals surface area contributed by atoms with E-state index in [1.165, 1.54) is 0 Å². The first-order valence-corrected chi connectivity index (χ1v) is 6.96. The van der Waals surface area contributed by atoms with E-state index in [4.69, 9.17) is 11.5 Å². The number of amides is 2. The second-order valence-corrected chi connectivity index (χ2v) is 4.80. The van der Waals surface area contributed by atoms with E-state index >= 15 is 0 Å². The van der Waals surface area contributed by atoms with E-state index in [9.17, 15) is 9.59 Å². The molecule has 0 bridgehead atoms. The lowest BCUT2D eigenvalue weighted by atomic mass is 10.2. The average molecular weight is 272 g/mol. The average Bonchev–Trinajstić information content (AvgIpc) is 2.38. The Labute approximate surface area is 116 Å². The number of hydrogen-bond acceptors (Lipinski definition) is 4. The maximum Gasteiger partial charge on any atom is 0.231 e. The molecule has 0 aromatic heterocycles. The lowest BCUT2D eigenvalue weighted by Gasteiger charge is -2.22. The van der Waals surface area contributed by atoms with Crippen molar-refractivity contribution < 1.29 is 9.59 Å². The summed E-state index contributed by atoms with van der Waals surface area (Å²) in [6.07, 6.45) is 3.28. The second-order valence-electron chi connectivity index (χ2n) is 4.80. The molecule has 0 rings (SSSR count). The van der Waals surface area contributed by atoms with Crippen molar-refractivity contribution in [2.24, 2.45) is 11.5 Å². The molecular weight excluding hydrogens is 244 g/mol. The lowest BCUT2D eigenvalue weighted by molar-refractivity contribution is -0.130. The van der Waals surface area contributed by atoms with Gasteiger partial charge in [0.05, 0.1) is 6.54 Å². The van der Waals surface area contributed by atoms with Gasteiger partial charge in [-0.3, -0.25) is 14.5 Å². The summed E-state index contributed by atoms with van der Waals surface area (Å²) in [5.41, 5.74) is 10.6. The van der Waals surface area contributed by atoms with Gasteiger partial charge in [-0.2, -0.15) is 0 Å². The van der Waals surface area contributed by atoms with Crippen molar-refractivity contribution in [3.63, 3.8) is 0 Å². The molecule has 0 aliphatic heterocycles. The topological polar surface area (TPSA) is 92.7 Å². The predicted molar refractivity (Wildman–Crippen MR) is 76.5 cm³/mol. The fourth-order valence-electron chi connectivity index (χ4n) is 1.77. The molecule has 0 atom stereocenters. The number of unbranched alkanes of at least 4 members (excludes halogenated alkanes) is 1. The molecule has 0 aliphatic carbocycles. The van der Waals surface area contributed by atoms with E-state index < -0.39 is 0 Å². The van der Waals surface area contributed by atoms with Crippen LogP contribution in [-0.4, -0.2) is 61.4 Å². The monoisotopic (exact) mass is 272 g/mol. The number of primary amides is 1. The molecule has 112 valence electrons. The lowest BCUT2D eigenvalue weighted by Crippen LogP contribution is -2.38. The smallest absolute Gasteiger partial charge is 0.231 e. The molecule has 0 heterocycles. The van der Waals surface area contributed by atoms with Gasteiger partial charge in [0, 0.05) is 26.6 Å². The summed E-state index contributed by atoms with van der Waals surface area (Å²) in [4.78, 5) is 26.5. The number of rotatable bonds is 11. The van der Waals surface area contributed by atoms with E-state index in [2.05, 4.69) is 6.92 Å². The Morgan fingerprint density at radius 2 is 1.79 bits per heavy atom. The first kappa shape index (κ1) is 17.9. The fourth-order valence-corrected chi connectivity index (χ4v) is 1.77. The van der Waals surface area contributed by atoms with Crippen molar-refractivity contribution >= 4 is 11.8 Å². The molecule has 4 N–H and O–H groups in total. The van der Waals surface area contributed by atoms with Crippen LogP contribution in [0.5, 0.6) is 0 Å². The predicted octanol–water partition coefficient (Wildman–Crippen LogP) is -0.229. The molecule has 2 amide bonds. The van der Waals surface area contributed by atoms with E-state index in [0.717, 1.165) is 25.8 Å². The Hall–Kier alpha value is -1.14. The molecule has 0 unspecified atom stereocenters. The van der Waals surface area contributed by atoms with Crippen LogP contribution in [0.2, 0.25) is 0 Å². The van der Waals surface area contributed by atoms with Gasteiger partial charge in [0.1, 0.15) is 0 Å². The molecule has 0 spiro atoms. The van der Waals surface area contributed by atoms with E-state index in [1.54, 1.807) is 11.9 Å². The van der Waals surface area contributed by atoms with Gasteiger partial charge in [-0.1, -0.05) is 13.3 Å². The highest BCUT2D eigenvalue weighted by Gasteiger charge is 2.12.